The van der Waals surface area contributed by atoms with E-state index in [4.69, 9.17) is 0 Å². The van der Waals surface area contributed by atoms with Crippen LogP contribution in [-0.2, 0) is 51.2 Å². The summed E-state index contributed by atoms with van der Waals surface area (Å²) in [5, 5.41) is 51.0. The summed E-state index contributed by atoms with van der Waals surface area (Å²) in [4.78, 5) is 51.0. The number of hydrogen-bond donors (Lipinski definition) is 0. The third kappa shape index (κ3) is 21.5. The maximum atomic E-state index is 10.2. The number of carbonyl (C=O) groups is 5. The molecule has 1 radical (unpaired) electrons. The molecule has 0 amide bonds. The van der Waals surface area contributed by atoms with Gasteiger partial charge in [0.05, 0.1) is 29.8 Å². The van der Waals surface area contributed by atoms with Crippen molar-refractivity contribution in [2.75, 3.05) is 0 Å². The van der Waals surface area contributed by atoms with E-state index in [1.54, 1.807) is 12.1 Å². The van der Waals surface area contributed by atoms with Gasteiger partial charge < -0.3 is 86.4 Å². The summed E-state index contributed by atoms with van der Waals surface area (Å²) in [6.07, 6.45) is 0. The molecule has 3 rings (SSSR count). The molecule has 3 aromatic rings. The smallest absolute Gasteiger partial charge is 1.00 e. The van der Waals surface area contributed by atoms with Gasteiger partial charge in [0.1, 0.15) is 0 Å². The number of carbonyl (C=O) groups excluding carboxylic acids is 5. The summed E-state index contributed by atoms with van der Waals surface area (Å²) in [6, 6.07) is 15.8. The minimum Gasteiger partial charge on any atom is -1.00 e. The molecule has 0 heterocycles. The molecule has 0 aliphatic carbocycles. The summed E-state index contributed by atoms with van der Waals surface area (Å²) in [7, 11) is 0. The van der Waals surface area contributed by atoms with Gasteiger partial charge in [-0.15, -0.1) is 0 Å². The molecule has 3 aromatic carbocycles. The number of carboxylic acids is 5. The van der Waals surface area contributed by atoms with Crippen LogP contribution in [0.4, 0.5) is 0 Å². The van der Waals surface area contributed by atoms with Gasteiger partial charge in [0, 0.05) is 0 Å². The van der Waals surface area contributed by atoms with Crippen LogP contribution < -0.4 is 37.9 Å². The minimum atomic E-state index is -1.33. The number of aromatic carboxylic acids is 5. The van der Waals surface area contributed by atoms with Gasteiger partial charge in [0.2, 0.25) is 0 Å². The second-order valence-corrected chi connectivity index (χ2v) is 6.46. The molecule has 0 saturated heterocycles. The first-order valence-corrected chi connectivity index (χ1v) is 9.26. The van der Waals surface area contributed by atoms with Crippen molar-refractivity contribution in [3.05, 3.63) is 120 Å². The molecule has 17 heteroatoms. The monoisotopic (exact) mass is 733 g/mol. The summed E-state index contributed by atoms with van der Waals surface area (Å²) in [5.74, 6) is -6.46. The molecule has 6 N–H and O–H groups in total. The Morgan fingerprint density at radius 1 is 0.452 bits per heavy atom. The molecule has 0 aromatic heterocycles. The Kier molecular flexibility index (Phi) is 40.6. The molecular formula is C25H24ClFe3NO12+3. The van der Waals surface area contributed by atoms with Gasteiger partial charge in [-0.2, -0.15) is 0 Å². The van der Waals surface area contributed by atoms with E-state index in [1.165, 1.54) is 12.1 Å². The van der Waals surface area contributed by atoms with E-state index in [2.05, 4.69) is 0 Å². The molecular weight excluding hydrogens is 709 g/mol. The van der Waals surface area contributed by atoms with Gasteiger partial charge in [0.25, 0.3) is 0 Å². The van der Waals surface area contributed by atoms with E-state index in [0.717, 1.165) is 54.1 Å². The van der Waals surface area contributed by atoms with Crippen LogP contribution in [0.5, 0.6) is 0 Å². The first kappa shape index (κ1) is 58.4. The van der Waals surface area contributed by atoms with Crippen LogP contribution in [-0.4, -0.2) is 40.8 Å². The minimum absolute atomic E-state index is 0. The topological polar surface area (TPSA) is 297 Å². The van der Waals surface area contributed by atoms with Crippen LogP contribution in [0, 0.1) is 14.4 Å². The van der Waals surface area contributed by atoms with Gasteiger partial charge in [-0.25, -0.2) is 0 Å². The largest absolute Gasteiger partial charge is 4.00 e. The van der Waals surface area contributed by atoms with Crippen LogP contribution in [0.1, 0.15) is 57.4 Å². The quantitative estimate of drug-likeness (QED) is 0.176. The van der Waals surface area contributed by atoms with Crippen LogP contribution in [0.2, 0.25) is 0 Å². The number of carboxylic acid groups (broad SMARTS) is 5. The zero-order valence-electron chi connectivity index (χ0n) is 21.5. The molecule has 0 fully saturated rings. The number of benzene rings is 3. The Hall–Kier alpha value is -3.26. The Morgan fingerprint density at radius 3 is 0.690 bits per heavy atom. The van der Waals surface area contributed by atoms with Gasteiger partial charge in [-0.05, 0) is 34.7 Å². The van der Waals surface area contributed by atoms with Gasteiger partial charge in [-0.1, -0.05) is 78.4 Å². The second kappa shape index (κ2) is 29.2. The Balaban J connectivity index is -0.0000000630. The Morgan fingerprint density at radius 2 is 0.571 bits per heavy atom. The van der Waals surface area contributed by atoms with E-state index >= 15 is 0 Å². The van der Waals surface area contributed by atoms with Crippen molar-refractivity contribution in [3.8, 4) is 0 Å². The predicted octanol–water partition coefficient (Wildman–Crippen LogP) is -6.30. The first-order valence-electron chi connectivity index (χ1n) is 9.26. The summed E-state index contributed by atoms with van der Waals surface area (Å²) in [5.41, 5.74) is 1.05. The molecule has 13 nitrogen and oxygen atoms in total. The van der Waals surface area contributed by atoms with Crippen LogP contribution in [0.15, 0.2) is 72.8 Å². The molecule has 0 saturated carbocycles. The van der Waals surface area contributed by atoms with Crippen molar-refractivity contribution in [1.29, 1.82) is 0 Å². The van der Waals surface area contributed by atoms with Gasteiger partial charge in [0.15, 0.2) is 0 Å². The zero-order valence-corrected chi connectivity index (χ0v) is 25.6. The maximum Gasteiger partial charge on any atom is 4.00 e. The molecule has 0 aliphatic rings. The van der Waals surface area contributed by atoms with Crippen molar-refractivity contribution in [2.24, 2.45) is 0 Å². The first-order chi connectivity index (χ1) is 15.9. The summed E-state index contributed by atoms with van der Waals surface area (Å²) < 4.78 is 0. The normalized spacial score (nSPS) is 7.55. The van der Waals surface area contributed by atoms with Gasteiger partial charge in [-0.3, -0.25) is 0 Å². The summed E-state index contributed by atoms with van der Waals surface area (Å²) in [6.45, 7) is 1.90. The van der Waals surface area contributed by atoms with E-state index in [1.807, 2.05) is 6.92 Å². The molecule has 0 spiro atoms. The van der Waals surface area contributed by atoms with E-state index in [-0.39, 0.29) is 116 Å². The molecule has 229 valence electrons. The predicted molar refractivity (Wildman–Crippen MR) is 125 cm³/mol. The van der Waals surface area contributed by atoms with Crippen molar-refractivity contribution in [3.63, 3.8) is 0 Å². The average Bonchev–Trinajstić information content (AvgIpc) is 2.80. The maximum absolute atomic E-state index is 10.2. The van der Waals surface area contributed by atoms with Crippen molar-refractivity contribution >= 4 is 29.8 Å². The molecule has 0 unspecified atom stereocenters. The number of aryl methyl sites for hydroxylation is 1. The fourth-order valence-electron chi connectivity index (χ4n) is 2.17. The molecule has 0 bridgehead atoms. The molecule has 0 aliphatic heterocycles. The fourth-order valence-corrected chi connectivity index (χ4v) is 2.17. The number of rotatable bonds is 5. The molecule has 0 atom stereocenters. The third-order valence-electron chi connectivity index (χ3n) is 4.00. The third-order valence-corrected chi connectivity index (χ3v) is 4.00. The fraction of sp³-hybridized carbons (Fsp3) is 0.0400. The van der Waals surface area contributed by atoms with Crippen molar-refractivity contribution < 1.29 is 124 Å². The Bertz CT molecular complexity index is 1060. The van der Waals surface area contributed by atoms with E-state index in [9.17, 15) is 49.5 Å². The average molecular weight is 733 g/mol. The molecule has 42 heavy (non-hydrogen) atoms. The van der Waals surface area contributed by atoms with Gasteiger partial charge >= 0.3 is 51.2 Å². The second-order valence-electron chi connectivity index (χ2n) is 6.46. The van der Waals surface area contributed by atoms with Crippen molar-refractivity contribution in [2.45, 2.75) is 6.92 Å². The zero-order chi connectivity index (χ0) is 25.8. The van der Waals surface area contributed by atoms with Crippen LogP contribution in [0.3, 0.4) is 0 Å². The van der Waals surface area contributed by atoms with Crippen LogP contribution >= 0.6 is 0 Å². The van der Waals surface area contributed by atoms with Crippen molar-refractivity contribution in [1.82, 2.24) is 0 Å². The number of halogens is 1. The number of hydrogen-bond acceptors (Lipinski definition) is 10. The summed E-state index contributed by atoms with van der Waals surface area (Å²) >= 11 is 0. The Labute approximate surface area is 279 Å². The SMILES string of the molecule is Cc1ccc(C(=O)[O-])cc1.O.O.O=C([O-])c1ccc(C(=O)[O-])cc1.O=C([O-])c1ccc(C(=O)[O-])cc1.[CH3-].[Cl-].[Fe+3].[Fe+4].[Fe+4].[NH2-]. The number of nitrogens with two attached hydrogens (primary N) is 1. The standard InChI is InChI=1S/2C8H6O4.C8H8O2.CH3.ClH.3Fe.H2N.2H2O/c2*9-7(10)5-1-2-6(4-3-5)8(11)12;1-6-2-4-7(5-3-6)8(9)10;;;;;;;;/h2*1-4H,(H,9,10)(H,11,12);2-5H,1H3,(H,9,10);1H3;1H;;;;3*1H2/q;;;-1;;+3;2*+4;-1;;/p-6. The van der Waals surface area contributed by atoms with Crippen LogP contribution in [0.25, 0.3) is 6.15 Å². The van der Waals surface area contributed by atoms with E-state index in [0.29, 0.717) is 0 Å². The van der Waals surface area contributed by atoms with E-state index < -0.39 is 29.8 Å².